The van der Waals surface area contributed by atoms with E-state index in [0.29, 0.717) is 0 Å². The third-order valence-corrected chi connectivity index (χ3v) is 9.88. The van der Waals surface area contributed by atoms with E-state index >= 15 is 0 Å². The summed E-state index contributed by atoms with van der Waals surface area (Å²) >= 11 is 0. The van der Waals surface area contributed by atoms with Gasteiger partial charge in [0, 0.05) is 27.5 Å². The largest absolute Gasteiger partial charge is 0.456 e. The Bertz CT molecular complexity index is 2730. The molecule has 10 rings (SSSR count). The number of furan rings is 2. The molecular weight excluding hydrogens is 623 g/mol. The van der Waals surface area contributed by atoms with Crippen LogP contribution in [0, 0.1) is 0 Å². The van der Waals surface area contributed by atoms with Gasteiger partial charge in [0.15, 0.2) is 0 Å². The van der Waals surface area contributed by atoms with Crippen molar-refractivity contribution < 1.29 is 8.83 Å². The van der Waals surface area contributed by atoms with E-state index in [0.717, 1.165) is 66.5 Å². The van der Waals surface area contributed by atoms with Gasteiger partial charge in [-0.2, -0.15) is 0 Å². The molecule has 0 aliphatic heterocycles. The minimum atomic E-state index is 0.830. The molecule has 0 amide bonds. The van der Waals surface area contributed by atoms with Crippen molar-refractivity contribution in [1.82, 2.24) is 0 Å². The molecule has 0 fully saturated rings. The standard InChI is InChI=1S/C48H31NO2/c1-4-11-32(12-5-1)35-19-24-38(25-20-35)49(39-26-21-36(22-27-39)33-13-6-2-7-14-33)43-17-10-18-45-48(43)42-31-46-41(30-47(42)51-45)40-29-37(23-28-44(40)50-46)34-15-8-3-9-16-34/h1-31H. The molecule has 240 valence electrons. The molecule has 0 N–H and O–H groups in total. The summed E-state index contributed by atoms with van der Waals surface area (Å²) < 4.78 is 13.1. The summed E-state index contributed by atoms with van der Waals surface area (Å²) in [5.41, 5.74) is 13.6. The van der Waals surface area contributed by atoms with Crippen LogP contribution in [0.1, 0.15) is 0 Å². The zero-order valence-corrected chi connectivity index (χ0v) is 27.7. The second-order valence-corrected chi connectivity index (χ2v) is 12.9. The number of hydrogen-bond acceptors (Lipinski definition) is 3. The Morgan fingerprint density at radius 2 is 0.745 bits per heavy atom. The Morgan fingerprint density at radius 3 is 1.33 bits per heavy atom. The van der Waals surface area contributed by atoms with Gasteiger partial charge in [-0.1, -0.05) is 127 Å². The average molecular weight is 654 g/mol. The van der Waals surface area contributed by atoms with Gasteiger partial charge < -0.3 is 13.7 Å². The summed E-state index contributed by atoms with van der Waals surface area (Å²) in [5.74, 6) is 0. The highest BCUT2D eigenvalue weighted by molar-refractivity contribution is 6.19. The van der Waals surface area contributed by atoms with Crippen molar-refractivity contribution in [3.8, 4) is 33.4 Å². The van der Waals surface area contributed by atoms with Crippen molar-refractivity contribution >= 4 is 60.9 Å². The first-order valence-electron chi connectivity index (χ1n) is 17.2. The summed E-state index contributed by atoms with van der Waals surface area (Å²) in [6, 6.07) is 66.1. The van der Waals surface area contributed by atoms with E-state index in [-0.39, 0.29) is 0 Å². The van der Waals surface area contributed by atoms with E-state index in [4.69, 9.17) is 8.83 Å². The van der Waals surface area contributed by atoms with Crippen LogP contribution in [0.5, 0.6) is 0 Å². The predicted molar refractivity (Wildman–Crippen MR) is 212 cm³/mol. The SMILES string of the molecule is c1ccc(-c2ccc(N(c3ccc(-c4ccccc4)cc3)c3cccc4oc5cc6c(cc5c34)oc3ccc(-c4ccccc4)cc36)cc2)cc1. The molecule has 2 aromatic heterocycles. The van der Waals surface area contributed by atoms with Gasteiger partial charge in [-0.05, 0) is 94.0 Å². The summed E-state index contributed by atoms with van der Waals surface area (Å²) in [7, 11) is 0. The van der Waals surface area contributed by atoms with Crippen LogP contribution in [0.4, 0.5) is 17.1 Å². The molecule has 0 bridgehead atoms. The van der Waals surface area contributed by atoms with Gasteiger partial charge in [0.2, 0.25) is 0 Å². The Kier molecular flexibility index (Phi) is 6.81. The average Bonchev–Trinajstić information content (AvgIpc) is 3.76. The van der Waals surface area contributed by atoms with Gasteiger partial charge in [-0.3, -0.25) is 0 Å². The molecule has 0 unspecified atom stereocenters. The number of benzene rings is 8. The van der Waals surface area contributed by atoms with Crippen LogP contribution in [-0.4, -0.2) is 0 Å². The molecule has 0 spiro atoms. The maximum Gasteiger partial charge on any atom is 0.137 e. The van der Waals surface area contributed by atoms with Crippen molar-refractivity contribution in [2.45, 2.75) is 0 Å². The predicted octanol–water partition coefficient (Wildman–Crippen LogP) is 14.0. The third-order valence-electron chi connectivity index (χ3n) is 9.88. The first-order valence-corrected chi connectivity index (χ1v) is 17.2. The molecule has 51 heavy (non-hydrogen) atoms. The number of hydrogen-bond donors (Lipinski definition) is 0. The van der Waals surface area contributed by atoms with Crippen LogP contribution in [0.3, 0.4) is 0 Å². The smallest absolute Gasteiger partial charge is 0.137 e. The lowest BCUT2D eigenvalue weighted by molar-refractivity contribution is 0.664. The lowest BCUT2D eigenvalue weighted by atomic mass is 10.0. The van der Waals surface area contributed by atoms with Crippen molar-refractivity contribution in [2.24, 2.45) is 0 Å². The fraction of sp³-hybridized carbons (Fsp3) is 0. The van der Waals surface area contributed by atoms with Crippen molar-refractivity contribution in [3.05, 3.63) is 188 Å². The fourth-order valence-electron chi connectivity index (χ4n) is 7.37. The van der Waals surface area contributed by atoms with Crippen molar-refractivity contribution in [3.63, 3.8) is 0 Å². The minimum absolute atomic E-state index is 0.830. The summed E-state index contributed by atoms with van der Waals surface area (Å²) in [5, 5.41) is 4.18. The van der Waals surface area contributed by atoms with Crippen LogP contribution >= 0.6 is 0 Å². The third kappa shape index (κ3) is 5.06. The normalized spacial score (nSPS) is 11.5. The van der Waals surface area contributed by atoms with Crippen molar-refractivity contribution in [2.75, 3.05) is 4.90 Å². The van der Waals surface area contributed by atoms with Gasteiger partial charge in [-0.15, -0.1) is 0 Å². The van der Waals surface area contributed by atoms with E-state index in [9.17, 15) is 0 Å². The number of anilines is 3. The molecule has 3 heteroatoms. The molecular formula is C48H31NO2. The molecule has 0 saturated heterocycles. The topological polar surface area (TPSA) is 29.5 Å². The summed E-state index contributed by atoms with van der Waals surface area (Å²) in [6.45, 7) is 0. The quantitative estimate of drug-likeness (QED) is 0.179. The van der Waals surface area contributed by atoms with Gasteiger partial charge in [0.05, 0.1) is 11.1 Å². The van der Waals surface area contributed by atoms with Gasteiger partial charge in [-0.25, -0.2) is 0 Å². The number of nitrogens with zero attached hydrogens (tertiary/aromatic N) is 1. The first-order chi connectivity index (χ1) is 25.3. The van der Waals surface area contributed by atoms with Crippen LogP contribution < -0.4 is 4.90 Å². The molecule has 0 saturated carbocycles. The highest BCUT2D eigenvalue weighted by Gasteiger charge is 2.21. The van der Waals surface area contributed by atoms with Crippen LogP contribution in [-0.2, 0) is 0 Å². The molecule has 0 atom stereocenters. The number of fused-ring (bicyclic) bond motifs is 6. The monoisotopic (exact) mass is 653 g/mol. The minimum Gasteiger partial charge on any atom is -0.456 e. The first kappa shape index (κ1) is 29.1. The fourth-order valence-corrected chi connectivity index (χ4v) is 7.37. The second kappa shape index (κ2) is 11.9. The zero-order chi connectivity index (χ0) is 33.7. The molecule has 2 heterocycles. The summed E-state index contributed by atoms with van der Waals surface area (Å²) in [6.07, 6.45) is 0. The highest BCUT2D eigenvalue weighted by atomic mass is 16.3. The lowest BCUT2D eigenvalue weighted by Gasteiger charge is -2.26. The van der Waals surface area contributed by atoms with Gasteiger partial charge >= 0.3 is 0 Å². The Labute approximate surface area is 295 Å². The van der Waals surface area contributed by atoms with Crippen LogP contribution in [0.2, 0.25) is 0 Å². The molecule has 10 aromatic rings. The van der Waals surface area contributed by atoms with Gasteiger partial charge in [0.1, 0.15) is 22.3 Å². The van der Waals surface area contributed by atoms with E-state index < -0.39 is 0 Å². The van der Waals surface area contributed by atoms with E-state index in [1.807, 2.05) is 6.07 Å². The molecule has 0 radical (unpaired) electrons. The van der Waals surface area contributed by atoms with E-state index in [1.54, 1.807) is 0 Å². The Hall–Kier alpha value is -6.84. The molecule has 0 aliphatic carbocycles. The molecule has 8 aromatic carbocycles. The molecule has 0 aliphatic rings. The second-order valence-electron chi connectivity index (χ2n) is 12.9. The summed E-state index contributed by atoms with van der Waals surface area (Å²) in [4.78, 5) is 2.33. The zero-order valence-electron chi connectivity index (χ0n) is 27.7. The Morgan fingerprint density at radius 1 is 0.294 bits per heavy atom. The maximum atomic E-state index is 6.64. The van der Waals surface area contributed by atoms with E-state index in [1.165, 1.54) is 27.8 Å². The number of rotatable bonds is 6. The van der Waals surface area contributed by atoms with Gasteiger partial charge in [0.25, 0.3) is 0 Å². The van der Waals surface area contributed by atoms with Crippen LogP contribution in [0.25, 0.3) is 77.3 Å². The Balaban J connectivity index is 1.15. The lowest BCUT2D eigenvalue weighted by Crippen LogP contribution is -2.10. The van der Waals surface area contributed by atoms with Crippen molar-refractivity contribution in [1.29, 1.82) is 0 Å². The molecule has 3 nitrogen and oxygen atoms in total. The maximum absolute atomic E-state index is 6.64. The highest BCUT2D eigenvalue weighted by Crippen LogP contribution is 2.45. The van der Waals surface area contributed by atoms with Crippen LogP contribution in [0.15, 0.2) is 197 Å². The van der Waals surface area contributed by atoms with E-state index in [2.05, 4.69) is 187 Å².